The van der Waals surface area contributed by atoms with Gasteiger partial charge in [0.25, 0.3) is 0 Å². The van der Waals surface area contributed by atoms with Crippen molar-refractivity contribution in [2.45, 2.75) is 26.7 Å². The van der Waals surface area contributed by atoms with Gasteiger partial charge in [0.1, 0.15) is 0 Å². The second-order valence-electron chi connectivity index (χ2n) is 1.83. The Hall–Kier alpha value is -0.0105. The van der Waals surface area contributed by atoms with E-state index in [0.717, 1.165) is 0 Å². The van der Waals surface area contributed by atoms with Crippen LogP contribution in [0.4, 0.5) is 0 Å². The van der Waals surface area contributed by atoms with Crippen molar-refractivity contribution >= 4 is 5.97 Å². The summed E-state index contributed by atoms with van der Waals surface area (Å²) in [7, 11) is 0. The summed E-state index contributed by atoms with van der Waals surface area (Å²) in [5, 5.41) is 10.1. The first kappa shape index (κ1) is 11.7. The van der Waals surface area contributed by atoms with Crippen molar-refractivity contribution in [3.8, 4) is 0 Å². The molecular formula is C6H11CuO2. The van der Waals surface area contributed by atoms with E-state index in [9.17, 15) is 9.90 Å². The van der Waals surface area contributed by atoms with Gasteiger partial charge in [0, 0.05) is 5.97 Å². The Balaban J connectivity index is 0. The summed E-state index contributed by atoms with van der Waals surface area (Å²) in [5.74, 6) is -1.16. The summed E-state index contributed by atoms with van der Waals surface area (Å²) in [4.78, 5) is 10.1. The summed E-state index contributed by atoms with van der Waals surface area (Å²) in [5.41, 5.74) is 0. The van der Waals surface area contributed by atoms with Crippen LogP contribution in [-0.4, -0.2) is 5.97 Å². The number of carboxylic acids is 1. The largest absolute Gasteiger partial charge is 1.00 e. The van der Waals surface area contributed by atoms with Crippen molar-refractivity contribution in [2.24, 2.45) is 5.92 Å². The molecule has 9 heavy (non-hydrogen) atoms. The fourth-order valence-electron chi connectivity index (χ4n) is 0.622. The van der Waals surface area contributed by atoms with Gasteiger partial charge in [0.15, 0.2) is 0 Å². The second kappa shape index (κ2) is 6.11. The third-order valence-corrected chi connectivity index (χ3v) is 1.32. The predicted molar refractivity (Wildman–Crippen MR) is 29.1 cm³/mol. The molecule has 0 aliphatic rings. The topological polar surface area (TPSA) is 40.1 Å². The van der Waals surface area contributed by atoms with Gasteiger partial charge in [-0.25, -0.2) is 0 Å². The SMILES string of the molecule is CCC(CC)C(=O)[O-].[Cu+]. The molecule has 58 valence electrons. The van der Waals surface area contributed by atoms with Gasteiger partial charge in [-0.3, -0.25) is 0 Å². The molecule has 0 aromatic rings. The Labute approximate surface area is 66.1 Å². The minimum Gasteiger partial charge on any atom is -0.550 e. The number of rotatable bonds is 3. The quantitative estimate of drug-likeness (QED) is 0.579. The van der Waals surface area contributed by atoms with Gasteiger partial charge in [0.05, 0.1) is 0 Å². The molecule has 0 aliphatic heterocycles. The van der Waals surface area contributed by atoms with Crippen molar-refractivity contribution in [2.75, 3.05) is 0 Å². The summed E-state index contributed by atoms with van der Waals surface area (Å²) in [6, 6.07) is 0. The first-order valence-electron chi connectivity index (χ1n) is 2.93. The minimum atomic E-state index is -0.921. The van der Waals surface area contributed by atoms with E-state index >= 15 is 0 Å². The molecule has 0 amide bonds. The maximum absolute atomic E-state index is 10.1. The van der Waals surface area contributed by atoms with Crippen LogP contribution in [0.25, 0.3) is 0 Å². The molecule has 0 heterocycles. The van der Waals surface area contributed by atoms with Crippen molar-refractivity contribution in [1.82, 2.24) is 0 Å². The van der Waals surface area contributed by atoms with Gasteiger partial charge in [0.2, 0.25) is 0 Å². The van der Waals surface area contributed by atoms with E-state index in [1.807, 2.05) is 13.8 Å². The number of carbonyl (C=O) groups is 1. The van der Waals surface area contributed by atoms with Gasteiger partial charge in [-0.2, -0.15) is 0 Å². The van der Waals surface area contributed by atoms with Crippen LogP contribution in [0.15, 0.2) is 0 Å². The van der Waals surface area contributed by atoms with E-state index < -0.39 is 5.97 Å². The van der Waals surface area contributed by atoms with Gasteiger partial charge >= 0.3 is 17.1 Å². The Morgan fingerprint density at radius 1 is 1.44 bits per heavy atom. The number of carboxylic acid groups (broad SMARTS) is 1. The van der Waals surface area contributed by atoms with E-state index in [2.05, 4.69) is 0 Å². The summed E-state index contributed by atoms with van der Waals surface area (Å²) in [6.45, 7) is 3.70. The Bertz CT molecular complexity index is 79.1. The maximum Gasteiger partial charge on any atom is 1.00 e. The molecule has 0 bridgehead atoms. The number of carbonyl (C=O) groups excluding carboxylic acids is 1. The van der Waals surface area contributed by atoms with E-state index in [-0.39, 0.29) is 23.0 Å². The van der Waals surface area contributed by atoms with E-state index in [0.29, 0.717) is 12.8 Å². The minimum absolute atomic E-state index is 0. The van der Waals surface area contributed by atoms with Crippen molar-refractivity contribution in [1.29, 1.82) is 0 Å². The third-order valence-electron chi connectivity index (χ3n) is 1.32. The molecule has 0 saturated carbocycles. The Kier molecular flexibility index (Phi) is 7.98. The van der Waals surface area contributed by atoms with E-state index in [4.69, 9.17) is 0 Å². The molecule has 0 N–H and O–H groups in total. The van der Waals surface area contributed by atoms with Crippen molar-refractivity contribution in [3.05, 3.63) is 0 Å². The number of hydrogen-bond acceptors (Lipinski definition) is 2. The van der Waals surface area contributed by atoms with Crippen LogP contribution in [0.5, 0.6) is 0 Å². The molecule has 0 aromatic heterocycles. The van der Waals surface area contributed by atoms with Gasteiger partial charge in [-0.05, 0) is 18.8 Å². The van der Waals surface area contributed by atoms with Crippen molar-refractivity contribution < 1.29 is 27.0 Å². The maximum atomic E-state index is 10.1. The zero-order chi connectivity index (χ0) is 6.57. The Morgan fingerprint density at radius 2 is 1.78 bits per heavy atom. The molecular weight excluding hydrogens is 168 g/mol. The van der Waals surface area contributed by atoms with Gasteiger partial charge in [-0.1, -0.05) is 13.8 Å². The average molecular weight is 179 g/mol. The van der Waals surface area contributed by atoms with Crippen LogP contribution in [0.2, 0.25) is 0 Å². The molecule has 0 atom stereocenters. The number of aliphatic carboxylic acids is 1. The summed E-state index contributed by atoms with van der Waals surface area (Å²) in [6.07, 6.45) is 1.36. The standard InChI is InChI=1S/C6H12O2.Cu/c1-3-5(4-2)6(7)8;/h5H,3-4H2,1-2H3,(H,7,8);/q;+1/p-1. The van der Waals surface area contributed by atoms with E-state index in [1.54, 1.807) is 0 Å². The fourth-order valence-corrected chi connectivity index (χ4v) is 0.622. The normalized spacial score (nSPS) is 8.78. The first-order chi connectivity index (χ1) is 3.72. The first-order valence-corrected chi connectivity index (χ1v) is 2.93. The smallest absolute Gasteiger partial charge is 0.550 e. The van der Waals surface area contributed by atoms with Gasteiger partial charge < -0.3 is 9.90 Å². The van der Waals surface area contributed by atoms with Crippen LogP contribution >= 0.6 is 0 Å². The summed E-state index contributed by atoms with van der Waals surface area (Å²) >= 11 is 0. The van der Waals surface area contributed by atoms with E-state index in [1.165, 1.54) is 0 Å². The third kappa shape index (κ3) is 4.49. The molecule has 0 fully saturated rings. The molecule has 0 unspecified atom stereocenters. The van der Waals surface area contributed by atoms with Crippen LogP contribution in [0, 0.1) is 5.92 Å². The van der Waals surface area contributed by atoms with Crippen LogP contribution < -0.4 is 5.11 Å². The van der Waals surface area contributed by atoms with Crippen molar-refractivity contribution in [3.63, 3.8) is 0 Å². The Morgan fingerprint density at radius 3 is 1.78 bits per heavy atom. The molecule has 0 aliphatic carbocycles. The summed E-state index contributed by atoms with van der Waals surface area (Å²) < 4.78 is 0. The fraction of sp³-hybridized carbons (Fsp3) is 0.833. The average Bonchev–Trinajstić information content (AvgIpc) is 1.69. The van der Waals surface area contributed by atoms with Gasteiger partial charge in [-0.15, -0.1) is 0 Å². The second-order valence-corrected chi connectivity index (χ2v) is 1.83. The molecule has 0 radical (unpaired) electrons. The predicted octanol–water partition coefficient (Wildman–Crippen LogP) is 0.170. The monoisotopic (exact) mass is 178 g/mol. The van der Waals surface area contributed by atoms with Crippen LogP contribution in [-0.2, 0) is 21.9 Å². The van der Waals surface area contributed by atoms with Crippen LogP contribution in [0.1, 0.15) is 26.7 Å². The van der Waals surface area contributed by atoms with Crippen LogP contribution in [0.3, 0.4) is 0 Å². The molecule has 3 heteroatoms. The zero-order valence-electron chi connectivity index (χ0n) is 5.61. The molecule has 0 rings (SSSR count). The molecule has 0 saturated heterocycles. The molecule has 0 spiro atoms. The zero-order valence-corrected chi connectivity index (χ0v) is 6.55. The molecule has 0 aromatic carbocycles. The number of hydrogen-bond donors (Lipinski definition) is 0. The molecule has 2 nitrogen and oxygen atoms in total.